The summed E-state index contributed by atoms with van der Waals surface area (Å²) in [5, 5.41) is 11.7. The number of tetrazole rings is 1. The van der Waals surface area contributed by atoms with E-state index in [-0.39, 0.29) is 0 Å². The standard InChI is InChI=1S/C12H16N5OS/c1-19-12-16(11-5-3-2-4-6-11)13-14-17(12)15-7-9-18-10-8-15/h2-6H,7-10H2,1H3/q+1. The normalized spacial score (nSPS) is 15.7. The quantitative estimate of drug-likeness (QED) is 0.595. The van der Waals surface area contributed by atoms with E-state index in [4.69, 9.17) is 4.74 Å². The molecule has 0 saturated carbocycles. The molecule has 1 saturated heterocycles. The molecular weight excluding hydrogens is 262 g/mol. The Morgan fingerprint density at radius 3 is 2.63 bits per heavy atom. The first-order valence-electron chi connectivity index (χ1n) is 6.20. The number of benzene rings is 1. The largest absolute Gasteiger partial charge is 0.378 e. The first-order chi connectivity index (χ1) is 9.40. The molecular formula is C12H16N5OS+. The number of para-hydroxylation sites is 1. The average Bonchev–Trinajstić information content (AvgIpc) is 2.93. The lowest BCUT2D eigenvalue weighted by atomic mass is 10.3. The molecule has 19 heavy (non-hydrogen) atoms. The molecule has 0 amide bonds. The van der Waals surface area contributed by atoms with Crippen molar-refractivity contribution in [2.75, 3.05) is 37.6 Å². The van der Waals surface area contributed by atoms with Crippen LogP contribution in [0.5, 0.6) is 0 Å². The zero-order valence-electron chi connectivity index (χ0n) is 10.8. The number of morpholine rings is 1. The van der Waals surface area contributed by atoms with E-state index < -0.39 is 0 Å². The van der Waals surface area contributed by atoms with Crippen LogP contribution in [0.25, 0.3) is 5.69 Å². The Balaban J connectivity index is 1.96. The van der Waals surface area contributed by atoms with Crippen LogP contribution in [0.3, 0.4) is 0 Å². The molecule has 0 N–H and O–H groups in total. The Labute approximate surface area is 115 Å². The van der Waals surface area contributed by atoms with Crippen molar-refractivity contribution in [2.45, 2.75) is 5.16 Å². The van der Waals surface area contributed by atoms with Crippen molar-refractivity contribution in [2.24, 2.45) is 0 Å². The molecule has 1 aliphatic rings. The molecule has 3 rings (SSSR count). The lowest BCUT2D eigenvalue weighted by molar-refractivity contribution is -0.698. The molecule has 0 unspecified atom stereocenters. The molecule has 0 radical (unpaired) electrons. The third kappa shape index (κ3) is 2.43. The summed E-state index contributed by atoms with van der Waals surface area (Å²) in [5.74, 6) is 0. The lowest BCUT2D eigenvalue weighted by Gasteiger charge is -2.23. The van der Waals surface area contributed by atoms with Crippen LogP contribution in [0.4, 0.5) is 0 Å². The molecule has 2 aromatic rings. The number of thioether (sulfide) groups is 1. The number of ether oxygens (including phenoxy) is 1. The van der Waals surface area contributed by atoms with Crippen molar-refractivity contribution >= 4 is 11.8 Å². The predicted molar refractivity (Wildman–Crippen MR) is 72.1 cm³/mol. The molecule has 1 fully saturated rings. The fourth-order valence-corrected chi connectivity index (χ4v) is 2.69. The van der Waals surface area contributed by atoms with Crippen LogP contribution in [0, 0.1) is 0 Å². The van der Waals surface area contributed by atoms with Crippen LogP contribution < -0.4 is 9.69 Å². The fourth-order valence-electron chi connectivity index (χ4n) is 2.06. The summed E-state index contributed by atoms with van der Waals surface area (Å²) in [7, 11) is 0. The van der Waals surface area contributed by atoms with E-state index in [2.05, 4.69) is 15.4 Å². The van der Waals surface area contributed by atoms with E-state index >= 15 is 0 Å². The van der Waals surface area contributed by atoms with Crippen molar-refractivity contribution in [3.63, 3.8) is 0 Å². The SMILES string of the molecule is CSc1n(N2CCOCC2)nn[n+]1-c1ccccc1. The van der Waals surface area contributed by atoms with Gasteiger partial charge in [-0.2, -0.15) is 0 Å². The third-order valence-corrected chi connectivity index (χ3v) is 3.71. The summed E-state index contributed by atoms with van der Waals surface area (Å²) in [4.78, 5) is 1.88. The topological polar surface area (TPSA) is 47.1 Å². The van der Waals surface area contributed by atoms with Crippen LogP contribution in [-0.4, -0.2) is 47.8 Å². The Kier molecular flexibility index (Phi) is 3.65. The van der Waals surface area contributed by atoms with E-state index in [1.807, 2.05) is 46.1 Å². The van der Waals surface area contributed by atoms with Gasteiger partial charge in [-0.3, -0.25) is 0 Å². The van der Waals surface area contributed by atoms with Crippen LogP contribution in [0.2, 0.25) is 0 Å². The summed E-state index contributed by atoms with van der Waals surface area (Å²) in [6.45, 7) is 3.15. The predicted octanol–water partition coefficient (Wildman–Crippen LogP) is 0.245. The van der Waals surface area contributed by atoms with E-state index in [1.165, 1.54) is 0 Å². The Bertz CT molecular complexity index is 538. The minimum Gasteiger partial charge on any atom is -0.378 e. The maximum atomic E-state index is 5.37. The van der Waals surface area contributed by atoms with Gasteiger partial charge in [0.15, 0.2) is 5.21 Å². The first kappa shape index (κ1) is 12.4. The van der Waals surface area contributed by atoms with Gasteiger partial charge in [0.25, 0.3) is 0 Å². The summed E-state index contributed by atoms with van der Waals surface area (Å²) in [6.07, 6.45) is 2.04. The van der Waals surface area contributed by atoms with Gasteiger partial charge >= 0.3 is 5.16 Å². The molecule has 2 heterocycles. The zero-order valence-corrected chi connectivity index (χ0v) is 11.6. The van der Waals surface area contributed by atoms with E-state index in [0.717, 1.165) is 37.1 Å². The lowest BCUT2D eigenvalue weighted by Crippen LogP contribution is -2.46. The average molecular weight is 278 g/mol. The Morgan fingerprint density at radius 1 is 1.21 bits per heavy atom. The first-order valence-corrected chi connectivity index (χ1v) is 7.43. The molecule has 100 valence electrons. The number of aromatic nitrogens is 4. The second-order valence-corrected chi connectivity index (χ2v) is 4.94. The summed E-state index contributed by atoms with van der Waals surface area (Å²) in [6, 6.07) is 10.0. The van der Waals surface area contributed by atoms with Gasteiger partial charge in [-0.1, -0.05) is 34.6 Å². The molecule has 6 nitrogen and oxygen atoms in total. The molecule has 1 aromatic carbocycles. The van der Waals surface area contributed by atoms with E-state index in [9.17, 15) is 0 Å². The second-order valence-electron chi connectivity index (χ2n) is 4.17. The highest BCUT2D eigenvalue weighted by Crippen LogP contribution is 2.11. The number of hydrogen-bond acceptors (Lipinski definition) is 5. The van der Waals surface area contributed by atoms with Gasteiger partial charge in [-0.15, -0.1) is 0 Å². The van der Waals surface area contributed by atoms with Crippen LogP contribution >= 0.6 is 11.8 Å². The number of nitrogens with zero attached hydrogens (tertiary/aromatic N) is 5. The van der Waals surface area contributed by atoms with Gasteiger partial charge in [0.2, 0.25) is 0 Å². The highest BCUT2D eigenvalue weighted by atomic mass is 32.2. The summed E-state index contributed by atoms with van der Waals surface area (Å²) in [5.41, 5.74) is 1.02. The Morgan fingerprint density at radius 2 is 1.95 bits per heavy atom. The fraction of sp³-hybridized carbons (Fsp3) is 0.417. The van der Waals surface area contributed by atoms with Crippen molar-refractivity contribution < 1.29 is 9.42 Å². The van der Waals surface area contributed by atoms with Crippen LogP contribution in [-0.2, 0) is 4.74 Å². The maximum absolute atomic E-state index is 5.37. The number of hydrogen-bond donors (Lipinski definition) is 0. The van der Waals surface area contributed by atoms with Crippen LogP contribution in [0.1, 0.15) is 0 Å². The molecule has 1 aromatic heterocycles. The van der Waals surface area contributed by atoms with E-state index in [1.54, 1.807) is 11.8 Å². The van der Waals surface area contributed by atoms with Gasteiger partial charge in [-0.05, 0) is 18.4 Å². The minimum absolute atomic E-state index is 0.735. The van der Waals surface area contributed by atoms with Gasteiger partial charge in [0.05, 0.1) is 26.3 Å². The van der Waals surface area contributed by atoms with Gasteiger partial charge in [0, 0.05) is 4.79 Å². The zero-order chi connectivity index (χ0) is 13.1. The van der Waals surface area contributed by atoms with Crippen molar-refractivity contribution in [1.82, 2.24) is 15.2 Å². The molecule has 1 aliphatic heterocycles. The van der Waals surface area contributed by atoms with E-state index in [0.29, 0.717) is 0 Å². The van der Waals surface area contributed by atoms with Crippen molar-refractivity contribution in [3.05, 3.63) is 30.3 Å². The minimum atomic E-state index is 0.735. The van der Waals surface area contributed by atoms with Crippen molar-refractivity contribution in [3.8, 4) is 5.69 Å². The maximum Gasteiger partial charge on any atom is 0.348 e. The van der Waals surface area contributed by atoms with Gasteiger partial charge in [0.1, 0.15) is 10.9 Å². The summed E-state index contributed by atoms with van der Waals surface area (Å²) < 4.78 is 7.23. The molecule has 0 atom stereocenters. The third-order valence-electron chi connectivity index (χ3n) is 3.01. The molecule has 0 bridgehead atoms. The highest BCUT2D eigenvalue weighted by Gasteiger charge is 2.27. The molecule has 0 aliphatic carbocycles. The monoisotopic (exact) mass is 278 g/mol. The van der Waals surface area contributed by atoms with Crippen molar-refractivity contribution in [1.29, 1.82) is 0 Å². The number of rotatable bonds is 3. The van der Waals surface area contributed by atoms with Crippen LogP contribution in [0.15, 0.2) is 35.5 Å². The molecule has 7 heteroatoms. The summed E-state index contributed by atoms with van der Waals surface area (Å²) >= 11 is 1.64. The molecule has 0 spiro atoms. The Hall–Kier alpha value is -1.60. The van der Waals surface area contributed by atoms with Gasteiger partial charge < -0.3 is 4.74 Å². The van der Waals surface area contributed by atoms with Gasteiger partial charge in [-0.25, -0.2) is 5.01 Å². The smallest absolute Gasteiger partial charge is 0.348 e. The second kappa shape index (κ2) is 5.58. The highest BCUT2D eigenvalue weighted by molar-refractivity contribution is 7.98.